The zero-order valence-corrected chi connectivity index (χ0v) is 13.2. The lowest BCUT2D eigenvalue weighted by molar-refractivity contribution is -0.126. The quantitative estimate of drug-likeness (QED) is 0.670. The Balaban J connectivity index is 1.97. The van der Waals surface area contributed by atoms with E-state index in [-0.39, 0.29) is 5.91 Å². The van der Waals surface area contributed by atoms with E-state index >= 15 is 0 Å². The van der Waals surface area contributed by atoms with E-state index in [2.05, 4.69) is 29.0 Å². The molecular weight excluding hydrogens is 252 g/mol. The molecule has 1 aliphatic carbocycles. The Morgan fingerprint density at radius 3 is 2.45 bits per heavy atom. The van der Waals surface area contributed by atoms with Crippen molar-refractivity contribution in [3.63, 3.8) is 0 Å². The summed E-state index contributed by atoms with van der Waals surface area (Å²) in [5, 5.41) is 3.25. The number of likely N-dealkylation sites (N-methyl/N-ethyl adjacent to an activating group) is 2. The number of primary amides is 1. The topological polar surface area (TPSA) is 61.6 Å². The largest absolute Gasteiger partial charge is 0.368 e. The molecular formula is C15H30N4O. The number of carbonyl (C=O) groups is 1. The minimum absolute atomic E-state index is 0.186. The summed E-state index contributed by atoms with van der Waals surface area (Å²) in [7, 11) is 1.88. The van der Waals surface area contributed by atoms with Crippen molar-refractivity contribution < 1.29 is 4.79 Å². The second kappa shape index (κ2) is 6.41. The van der Waals surface area contributed by atoms with E-state index in [1.165, 1.54) is 6.42 Å². The van der Waals surface area contributed by atoms with Crippen molar-refractivity contribution in [2.75, 3.05) is 39.8 Å². The molecule has 0 aromatic heterocycles. The summed E-state index contributed by atoms with van der Waals surface area (Å²) >= 11 is 0. The monoisotopic (exact) mass is 282 g/mol. The number of likely N-dealkylation sites (tertiary alicyclic amines) is 1. The van der Waals surface area contributed by atoms with E-state index < -0.39 is 5.54 Å². The third-order valence-electron chi connectivity index (χ3n) is 5.21. The lowest BCUT2D eigenvalue weighted by Crippen LogP contribution is -2.62. The molecule has 20 heavy (non-hydrogen) atoms. The normalized spacial score (nSPS) is 26.9. The molecule has 1 aliphatic heterocycles. The van der Waals surface area contributed by atoms with Crippen LogP contribution < -0.4 is 11.1 Å². The van der Waals surface area contributed by atoms with Gasteiger partial charge in [-0.2, -0.15) is 0 Å². The van der Waals surface area contributed by atoms with Gasteiger partial charge in [-0.25, -0.2) is 0 Å². The van der Waals surface area contributed by atoms with Crippen LogP contribution in [0.15, 0.2) is 0 Å². The molecule has 1 saturated heterocycles. The highest BCUT2D eigenvalue weighted by Gasteiger charge is 2.50. The number of rotatable bonds is 8. The molecule has 2 rings (SSSR count). The van der Waals surface area contributed by atoms with Crippen LogP contribution in [-0.4, -0.2) is 67.1 Å². The first-order chi connectivity index (χ1) is 9.57. The van der Waals surface area contributed by atoms with Crippen molar-refractivity contribution in [2.24, 2.45) is 11.7 Å². The van der Waals surface area contributed by atoms with Gasteiger partial charge in [0.25, 0.3) is 0 Å². The van der Waals surface area contributed by atoms with Crippen LogP contribution in [0.2, 0.25) is 0 Å². The van der Waals surface area contributed by atoms with Gasteiger partial charge in [0.1, 0.15) is 5.54 Å². The number of carbonyl (C=O) groups excluding carboxylic acids is 1. The van der Waals surface area contributed by atoms with Crippen LogP contribution in [0.4, 0.5) is 0 Å². The SMILES string of the molecule is CCN(CC)C1CCN(CC(NC)(C(N)=O)C2CC2)C1. The average Bonchev–Trinajstić information content (AvgIpc) is 3.19. The van der Waals surface area contributed by atoms with Crippen LogP contribution in [0, 0.1) is 5.92 Å². The number of nitrogens with one attached hydrogen (secondary N) is 1. The summed E-state index contributed by atoms with van der Waals surface area (Å²) in [5.41, 5.74) is 5.19. The van der Waals surface area contributed by atoms with Crippen molar-refractivity contribution in [1.82, 2.24) is 15.1 Å². The lowest BCUT2D eigenvalue weighted by atomic mass is 9.91. The molecule has 1 amide bonds. The highest BCUT2D eigenvalue weighted by Crippen LogP contribution is 2.40. The molecule has 2 unspecified atom stereocenters. The van der Waals surface area contributed by atoms with Gasteiger partial charge in [-0.1, -0.05) is 13.8 Å². The van der Waals surface area contributed by atoms with Gasteiger partial charge in [-0.3, -0.25) is 14.6 Å². The Bertz CT molecular complexity index is 341. The van der Waals surface area contributed by atoms with Gasteiger partial charge in [0, 0.05) is 19.1 Å². The van der Waals surface area contributed by atoms with Crippen LogP contribution in [-0.2, 0) is 4.79 Å². The van der Waals surface area contributed by atoms with Crippen molar-refractivity contribution in [2.45, 2.75) is 44.7 Å². The van der Waals surface area contributed by atoms with Gasteiger partial charge < -0.3 is 11.1 Å². The summed E-state index contributed by atoms with van der Waals surface area (Å²) in [4.78, 5) is 16.9. The maximum atomic E-state index is 12.0. The molecule has 2 fully saturated rings. The van der Waals surface area contributed by atoms with Gasteiger partial charge in [0.15, 0.2) is 0 Å². The molecule has 1 saturated carbocycles. The summed E-state index contributed by atoms with van der Waals surface area (Å²) in [6.07, 6.45) is 3.44. The van der Waals surface area contributed by atoms with E-state index in [1.54, 1.807) is 0 Å². The van der Waals surface area contributed by atoms with Crippen LogP contribution in [0.1, 0.15) is 33.1 Å². The smallest absolute Gasteiger partial charge is 0.239 e. The van der Waals surface area contributed by atoms with Crippen LogP contribution in [0.25, 0.3) is 0 Å². The minimum atomic E-state index is -0.516. The first-order valence-corrected chi connectivity index (χ1v) is 8.02. The molecule has 0 spiro atoms. The highest BCUT2D eigenvalue weighted by molar-refractivity contribution is 5.86. The molecule has 3 N–H and O–H groups in total. The summed E-state index contributed by atoms with van der Waals surface area (Å²) < 4.78 is 0. The predicted octanol–water partition coefficient (Wildman–Crippen LogP) is 0.256. The van der Waals surface area contributed by atoms with E-state index in [1.807, 2.05) is 7.05 Å². The second-order valence-corrected chi connectivity index (χ2v) is 6.26. The Labute approximate surface area is 122 Å². The van der Waals surface area contributed by atoms with Crippen molar-refractivity contribution >= 4 is 5.91 Å². The summed E-state index contributed by atoms with van der Waals surface area (Å²) in [6.45, 7) is 9.54. The van der Waals surface area contributed by atoms with Crippen molar-refractivity contribution in [3.8, 4) is 0 Å². The number of hydrogen-bond acceptors (Lipinski definition) is 4. The fourth-order valence-electron chi connectivity index (χ4n) is 3.74. The molecule has 5 heteroatoms. The molecule has 0 radical (unpaired) electrons. The van der Waals surface area contributed by atoms with E-state index in [9.17, 15) is 4.79 Å². The van der Waals surface area contributed by atoms with Gasteiger partial charge in [0.05, 0.1) is 0 Å². The van der Waals surface area contributed by atoms with Gasteiger partial charge >= 0.3 is 0 Å². The summed E-state index contributed by atoms with van der Waals surface area (Å²) in [5.74, 6) is 0.242. The highest BCUT2D eigenvalue weighted by atomic mass is 16.1. The first kappa shape index (κ1) is 15.7. The number of amides is 1. The third kappa shape index (κ3) is 3.00. The Morgan fingerprint density at radius 2 is 2.00 bits per heavy atom. The van der Waals surface area contributed by atoms with Crippen LogP contribution >= 0.6 is 0 Å². The fourth-order valence-corrected chi connectivity index (χ4v) is 3.74. The first-order valence-electron chi connectivity index (χ1n) is 8.02. The molecule has 0 aromatic carbocycles. The lowest BCUT2D eigenvalue weighted by Gasteiger charge is -2.35. The van der Waals surface area contributed by atoms with E-state index in [0.717, 1.165) is 45.6 Å². The average molecular weight is 282 g/mol. The molecule has 2 atom stereocenters. The number of nitrogens with zero attached hydrogens (tertiary/aromatic N) is 2. The van der Waals surface area contributed by atoms with Gasteiger partial charge in [0.2, 0.25) is 5.91 Å². The maximum absolute atomic E-state index is 12.0. The third-order valence-corrected chi connectivity index (χ3v) is 5.21. The molecule has 5 nitrogen and oxygen atoms in total. The molecule has 0 aromatic rings. The zero-order chi connectivity index (χ0) is 14.8. The predicted molar refractivity (Wildman–Crippen MR) is 81.5 cm³/mol. The fraction of sp³-hybridized carbons (Fsp3) is 0.933. The van der Waals surface area contributed by atoms with E-state index in [4.69, 9.17) is 5.73 Å². The molecule has 0 bridgehead atoms. The van der Waals surface area contributed by atoms with Crippen molar-refractivity contribution in [3.05, 3.63) is 0 Å². The zero-order valence-electron chi connectivity index (χ0n) is 13.2. The standard InChI is InChI=1S/C15H30N4O/c1-4-19(5-2)13-8-9-18(10-13)11-15(17-3,14(16)20)12-6-7-12/h12-13,17H,4-11H2,1-3H3,(H2,16,20). The van der Waals surface area contributed by atoms with Gasteiger partial charge in [-0.15, -0.1) is 0 Å². The molecule has 1 heterocycles. The van der Waals surface area contributed by atoms with Crippen molar-refractivity contribution in [1.29, 1.82) is 0 Å². The summed E-state index contributed by atoms with van der Waals surface area (Å²) in [6, 6.07) is 0.631. The molecule has 2 aliphatic rings. The Hall–Kier alpha value is -0.650. The minimum Gasteiger partial charge on any atom is -0.368 e. The second-order valence-electron chi connectivity index (χ2n) is 6.26. The molecule has 116 valence electrons. The van der Waals surface area contributed by atoms with Crippen LogP contribution in [0.5, 0.6) is 0 Å². The number of hydrogen-bond donors (Lipinski definition) is 2. The Kier molecular flexibility index (Phi) is 5.04. The maximum Gasteiger partial charge on any atom is 0.239 e. The Morgan fingerprint density at radius 1 is 1.35 bits per heavy atom. The number of nitrogens with two attached hydrogens (primary N) is 1. The van der Waals surface area contributed by atoms with E-state index in [0.29, 0.717) is 12.0 Å². The van der Waals surface area contributed by atoms with Gasteiger partial charge in [-0.05, 0) is 51.9 Å². The van der Waals surface area contributed by atoms with Crippen LogP contribution in [0.3, 0.4) is 0 Å².